The molecule has 2 bridgehead atoms. The second-order valence-corrected chi connectivity index (χ2v) is 9.30. The predicted octanol–water partition coefficient (Wildman–Crippen LogP) is 4.32. The SMILES string of the molecule is O=C(C[C@H]1C[C@H]2CC[C@H]1C2)NCCN1C(=O)S/C(=C\c2ccc(Cl)cc2)C1=O. The monoisotopic (exact) mass is 418 g/mol. The van der Waals surface area contributed by atoms with Crippen LogP contribution in [0.5, 0.6) is 0 Å². The van der Waals surface area contributed by atoms with Crippen LogP contribution in [0.3, 0.4) is 0 Å². The molecule has 3 fully saturated rings. The molecule has 3 amide bonds. The van der Waals surface area contributed by atoms with Crippen LogP contribution in [0.25, 0.3) is 6.08 Å². The first-order valence-corrected chi connectivity index (χ1v) is 11.0. The van der Waals surface area contributed by atoms with Gasteiger partial charge in [0.05, 0.1) is 4.91 Å². The summed E-state index contributed by atoms with van der Waals surface area (Å²) in [7, 11) is 0. The van der Waals surface area contributed by atoms with E-state index in [1.54, 1.807) is 30.3 Å². The fourth-order valence-electron chi connectivity index (χ4n) is 4.65. The molecule has 2 saturated carbocycles. The van der Waals surface area contributed by atoms with Gasteiger partial charge in [0.2, 0.25) is 5.91 Å². The molecular formula is C21H23ClN2O3S. The summed E-state index contributed by atoms with van der Waals surface area (Å²) in [6.07, 6.45) is 7.31. The Morgan fingerprint density at radius 1 is 1.21 bits per heavy atom. The summed E-state index contributed by atoms with van der Waals surface area (Å²) in [5.41, 5.74) is 0.814. The fourth-order valence-corrected chi connectivity index (χ4v) is 5.64. The van der Waals surface area contributed by atoms with Crippen molar-refractivity contribution in [3.63, 3.8) is 0 Å². The zero-order valence-electron chi connectivity index (χ0n) is 15.5. The number of carbonyl (C=O) groups excluding carboxylic acids is 3. The van der Waals surface area contributed by atoms with E-state index < -0.39 is 0 Å². The van der Waals surface area contributed by atoms with Gasteiger partial charge in [0.25, 0.3) is 11.1 Å². The largest absolute Gasteiger partial charge is 0.354 e. The minimum absolute atomic E-state index is 0.0289. The highest BCUT2D eigenvalue weighted by Crippen LogP contribution is 2.49. The number of carbonyl (C=O) groups is 3. The summed E-state index contributed by atoms with van der Waals surface area (Å²) < 4.78 is 0. The first kappa shape index (κ1) is 19.5. The summed E-state index contributed by atoms with van der Waals surface area (Å²) in [5, 5.41) is 3.20. The zero-order valence-corrected chi connectivity index (χ0v) is 17.1. The van der Waals surface area contributed by atoms with Gasteiger partial charge in [-0.05, 0) is 72.6 Å². The van der Waals surface area contributed by atoms with E-state index in [2.05, 4.69) is 5.32 Å². The lowest BCUT2D eigenvalue weighted by Crippen LogP contribution is -2.38. The van der Waals surface area contributed by atoms with Crippen molar-refractivity contribution in [1.29, 1.82) is 0 Å². The van der Waals surface area contributed by atoms with E-state index >= 15 is 0 Å². The summed E-state index contributed by atoms with van der Waals surface area (Å²) in [6, 6.07) is 7.07. The molecule has 7 heteroatoms. The van der Waals surface area contributed by atoms with Gasteiger partial charge in [-0.3, -0.25) is 19.3 Å². The number of benzene rings is 1. The Labute approximate surface area is 173 Å². The van der Waals surface area contributed by atoms with Crippen LogP contribution in [0.15, 0.2) is 29.2 Å². The van der Waals surface area contributed by atoms with Gasteiger partial charge in [-0.2, -0.15) is 0 Å². The van der Waals surface area contributed by atoms with E-state index in [1.165, 1.54) is 30.6 Å². The third-order valence-corrected chi connectivity index (χ3v) is 7.19. The summed E-state index contributed by atoms with van der Waals surface area (Å²) in [5.74, 6) is 1.77. The maximum absolute atomic E-state index is 12.5. The van der Waals surface area contributed by atoms with E-state index in [1.807, 2.05) is 0 Å². The maximum atomic E-state index is 12.5. The molecule has 1 heterocycles. The molecule has 1 aromatic carbocycles. The Hall–Kier alpha value is -1.79. The van der Waals surface area contributed by atoms with Crippen molar-refractivity contribution in [2.24, 2.45) is 17.8 Å². The van der Waals surface area contributed by atoms with E-state index in [9.17, 15) is 14.4 Å². The number of amides is 3. The Morgan fingerprint density at radius 2 is 2.00 bits per heavy atom. The number of rotatable bonds is 6. The minimum Gasteiger partial charge on any atom is -0.354 e. The highest BCUT2D eigenvalue weighted by Gasteiger charge is 2.40. The molecule has 148 valence electrons. The zero-order chi connectivity index (χ0) is 19.7. The molecule has 0 spiro atoms. The molecule has 3 aliphatic rings. The van der Waals surface area contributed by atoms with E-state index in [0.29, 0.717) is 28.8 Å². The van der Waals surface area contributed by atoms with Crippen molar-refractivity contribution in [2.75, 3.05) is 13.1 Å². The Bertz CT molecular complexity index is 823. The average molecular weight is 419 g/mol. The van der Waals surface area contributed by atoms with Crippen LogP contribution >= 0.6 is 23.4 Å². The number of hydrogen-bond donors (Lipinski definition) is 1. The lowest BCUT2D eigenvalue weighted by molar-refractivity contribution is -0.124. The fraction of sp³-hybridized carbons (Fsp3) is 0.476. The molecule has 3 atom stereocenters. The molecule has 0 aromatic heterocycles. The lowest BCUT2D eigenvalue weighted by Gasteiger charge is -2.21. The molecule has 1 aliphatic heterocycles. The number of hydrogen-bond acceptors (Lipinski definition) is 4. The van der Waals surface area contributed by atoms with Gasteiger partial charge in [-0.1, -0.05) is 30.2 Å². The van der Waals surface area contributed by atoms with E-state index in [-0.39, 0.29) is 23.6 Å². The van der Waals surface area contributed by atoms with Crippen LogP contribution in [-0.4, -0.2) is 35.0 Å². The van der Waals surface area contributed by atoms with Crippen molar-refractivity contribution in [3.05, 3.63) is 39.8 Å². The number of nitrogens with zero attached hydrogens (tertiary/aromatic N) is 1. The molecule has 4 rings (SSSR count). The lowest BCUT2D eigenvalue weighted by atomic mass is 9.86. The third-order valence-electron chi connectivity index (χ3n) is 6.03. The molecule has 1 saturated heterocycles. The van der Waals surface area contributed by atoms with Crippen molar-refractivity contribution in [2.45, 2.75) is 32.1 Å². The van der Waals surface area contributed by atoms with E-state index in [0.717, 1.165) is 29.2 Å². The number of thioether (sulfide) groups is 1. The molecule has 0 radical (unpaired) electrons. The second kappa shape index (κ2) is 8.29. The van der Waals surface area contributed by atoms with Gasteiger partial charge >= 0.3 is 0 Å². The topological polar surface area (TPSA) is 66.5 Å². The van der Waals surface area contributed by atoms with Crippen LogP contribution in [0.1, 0.15) is 37.7 Å². The van der Waals surface area contributed by atoms with Crippen molar-refractivity contribution in [1.82, 2.24) is 10.2 Å². The van der Waals surface area contributed by atoms with Gasteiger partial charge in [0.1, 0.15) is 0 Å². The molecule has 2 aliphatic carbocycles. The minimum atomic E-state index is -0.313. The van der Waals surface area contributed by atoms with Crippen molar-refractivity contribution >= 4 is 46.5 Å². The number of nitrogens with one attached hydrogen (secondary N) is 1. The standard InChI is InChI=1S/C21H23ClN2O3S/c22-17-5-2-13(3-6-17)11-18-20(26)24(21(27)28-18)8-7-23-19(25)12-16-10-14-1-4-15(16)9-14/h2-3,5-6,11,14-16H,1,4,7-10,12H2,(H,23,25)/b18-11-/t14-,15-,16+/m0/s1. The number of imide groups is 1. The van der Waals surface area contributed by atoms with Crippen molar-refractivity contribution in [3.8, 4) is 0 Å². The molecule has 0 unspecified atom stereocenters. The molecule has 5 nitrogen and oxygen atoms in total. The summed E-state index contributed by atoms with van der Waals surface area (Å²) >= 11 is 6.79. The van der Waals surface area contributed by atoms with Crippen molar-refractivity contribution < 1.29 is 14.4 Å². The first-order chi connectivity index (χ1) is 13.5. The summed E-state index contributed by atoms with van der Waals surface area (Å²) in [6.45, 7) is 0.497. The van der Waals surface area contributed by atoms with Crippen LogP contribution < -0.4 is 5.32 Å². The Morgan fingerprint density at radius 3 is 2.68 bits per heavy atom. The average Bonchev–Trinajstić information content (AvgIpc) is 3.35. The molecule has 28 heavy (non-hydrogen) atoms. The van der Waals surface area contributed by atoms with Crippen LogP contribution in [0.4, 0.5) is 4.79 Å². The van der Waals surface area contributed by atoms with Crippen LogP contribution in [-0.2, 0) is 9.59 Å². The van der Waals surface area contributed by atoms with Crippen LogP contribution in [0, 0.1) is 17.8 Å². The third kappa shape index (κ3) is 4.28. The highest BCUT2D eigenvalue weighted by atomic mass is 35.5. The Kier molecular flexibility index (Phi) is 5.78. The highest BCUT2D eigenvalue weighted by molar-refractivity contribution is 8.18. The molecule has 1 aromatic rings. The maximum Gasteiger partial charge on any atom is 0.293 e. The normalized spacial score (nSPS) is 27.8. The first-order valence-electron chi connectivity index (χ1n) is 9.77. The quantitative estimate of drug-likeness (QED) is 0.698. The van der Waals surface area contributed by atoms with Gasteiger partial charge in [0, 0.05) is 24.5 Å². The molecule has 1 N–H and O–H groups in total. The van der Waals surface area contributed by atoms with Gasteiger partial charge in [0.15, 0.2) is 0 Å². The predicted molar refractivity (Wildman–Crippen MR) is 111 cm³/mol. The summed E-state index contributed by atoms with van der Waals surface area (Å²) in [4.78, 5) is 38.5. The van der Waals surface area contributed by atoms with Crippen LogP contribution in [0.2, 0.25) is 5.02 Å². The van der Waals surface area contributed by atoms with Gasteiger partial charge in [-0.15, -0.1) is 0 Å². The van der Waals surface area contributed by atoms with Gasteiger partial charge < -0.3 is 5.32 Å². The Balaban J connectivity index is 1.26. The number of fused-ring (bicyclic) bond motifs is 2. The smallest absolute Gasteiger partial charge is 0.293 e. The van der Waals surface area contributed by atoms with Gasteiger partial charge in [-0.25, -0.2) is 0 Å². The molecular weight excluding hydrogens is 396 g/mol. The van der Waals surface area contributed by atoms with E-state index in [4.69, 9.17) is 11.6 Å². The number of halogens is 1. The second-order valence-electron chi connectivity index (χ2n) is 7.87.